The standard InChI is InChI=1S/C20H21FN2O3.C2HF3O2/c21-18-7-2-1-6-17(18)19(24)23-10-8-20(14-23)11-16(13-26-20)25-12-15-5-3-4-9-22-15;3-2(4,5)1(6)7/h1-7,9,16H,8,10-14H2;(H,6,7)/t16-,20-;/m0./s1. The van der Waals surface area contributed by atoms with E-state index in [-0.39, 0.29) is 23.2 Å². The number of pyridine rings is 1. The van der Waals surface area contributed by atoms with Crippen LogP contribution in [0.15, 0.2) is 48.7 Å². The highest BCUT2D eigenvalue weighted by atomic mass is 19.4. The smallest absolute Gasteiger partial charge is 0.475 e. The highest BCUT2D eigenvalue weighted by molar-refractivity contribution is 5.94. The first-order valence-electron chi connectivity index (χ1n) is 10.1. The van der Waals surface area contributed by atoms with E-state index in [0.717, 1.165) is 18.5 Å². The van der Waals surface area contributed by atoms with Crippen LogP contribution in [0.5, 0.6) is 0 Å². The number of carboxylic acid groups (broad SMARTS) is 1. The van der Waals surface area contributed by atoms with Crippen molar-refractivity contribution in [3.8, 4) is 0 Å². The van der Waals surface area contributed by atoms with Gasteiger partial charge in [-0.1, -0.05) is 18.2 Å². The van der Waals surface area contributed by atoms with Crippen molar-refractivity contribution >= 4 is 11.9 Å². The molecular formula is C22H22F4N2O5. The number of alkyl halides is 3. The normalized spacial score (nSPS) is 22.2. The van der Waals surface area contributed by atoms with E-state index in [2.05, 4.69) is 4.98 Å². The van der Waals surface area contributed by atoms with Crippen LogP contribution in [-0.4, -0.2) is 64.4 Å². The van der Waals surface area contributed by atoms with Crippen molar-refractivity contribution in [1.29, 1.82) is 0 Å². The van der Waals surface area contributed by atoms with Crippen molar-refractivity contribution in [2.24, 2.45) is 0 Å². The summed E-state index contributed by atoms with van der Waals surface area (Å²) < 4.78 is 57.6. The van der Waals surface area contributed by atoms with Gasteiger partial charge in [0, 0.05) is 19.2 Å². The Hall–Kier alpha value is -3.05. The second-order valence-corrected chi connectivity index (χ2v) is 7.71. The number of carbonyl (C=O) groups excluding carboxylic acids is 1. The van der Waals surface area contributed by atoms with E-state index in [1.807, 2.05) is 18.2 Å². The molecule has 1 aromatic carbocycles. The van der Waals surface area contributed by atoms with Crippen molar-refractivity contribution in [1.82, 2.24) is 9.88 Å². The van der Waals surface area contributed by atoms with Gasteiger partial charge in [0.2, 0.25) is 0 Å². The molecule has 11 heteroatoms. The number of likely N-dealkylation sites (tertiary alicyclic amines) is 1. The lowest BCUT2D eigenvalue weighted by Crippen LogP contribution is -2.36. The van der Waals surface area contributed by atoms with Gasteiger partial charge >= 0.3 is 12.1 Å². The molecule has 1 spiro atoms. The molecule has 2 aliphatic rings. The first-order chi connectivity index (χ1) is 15.6. The maximum absolute atomic E-state index is 13.9. The Balaban J connectivity index is 0.000000383. The monoisotopic (exact) mass is 470 g/mol. The fourth-order valence-electron chi connectivity index (χ4n) is 3.70. The molecule has 3 heterocycles. The fraction of sp³-hybridized carbons (Fsp3) is 0.409. The van der Waals surface area contributed by atoms with Gasteiger partial charge in [-0.25, -0.2) is 9.18 Å². The van der Waals surface area contributed by atoms with E-state index in [1.165, 1.54) is 12.1 Å². The minimum absolute atomic E-state index is 0.0134. The number of aromatic nitrogens is 1. The minimum Gasteiger partial charge on any atom is -0.475 e. The zero-order valence-corrected chi connectivity index (χ0v) is 17.4. The Labute approximate surface area is 186 Å². The van der Waals surface area contributed by atoms with Gasteiger partial charge in [-0.3, -0.25) is 9.78 Å². The number of halogens is 4. The second-order valence-electron chi connectivity index (χ2n) is 7.71. The van der Waals surface area contributed by atoms with Gasteiger partial charge in [0.05, 0.1) is 42.7 Å². The summed E-state index contributed by atoms with van der Waals surface area (Å²) in [5.74, 6) is -3.52. The van der Waals surface area contributed by atoms with Crippen LogP contribution in [0.25, 0.3) is 0 Å². The predicted molar refractivity (Wildman–Crippen MR) is 107 cm³/mol. The number of amides is 1. The zero-order chi connectivity index (χ0) is 24.1. The molecule has 2 fully saturated rings. The first kappa shape index (κ1) is 24.6. The number of rotatable bonds is 4. The molecule has 1 amide bonds. The molecule has 0 saturated carbocycles. The largest absolute Gasteiger partial charge is 0.490 e. The van der Waals surface area contributed by atoms with Crippen molar-refractivity contribution in [2.75, 3.05) is 19.7 Å². The molecule has 2 aromatic rings. The van der Waals surface area contributed by atoms with Gasteiger partial charge < -0.3 is 19.5 Å². The molecule has 178 valence electrons. The van der Waals surface area contributed by atoms with E-state index in [9.17, 15) is 22.4 Å². The summed E-state index contributed by atoms with van der Waals surface area (Å²) in [5, 5.41) is 7.12. The maximum atomic E-state index is 13.9. The molecule has 0 radical (unpaired) electrons. The molecule has 2 atom stereocenters. The van der Waals surface area contributed by atoms with Crippen LogP contribution >= 0.6 is 0 Å². The van der Waals surface area contributed by atoms with Crippen LogP contribution in [0.3, 0.4) is 0 Å². The van der Waals surface area contributed by atoms with Crippen LogP contribution in [0.4, 0.5) is 17.6 Å². The molecular weight excluding hydrogens is 448 g/mol. The molecule has 33 heavy (non-hydrogen) atoms. The van der Waals surface area contributed by atoms with Gasteiger partial charge in [0.15, 0.2) is 0 Å². The number of carboxylic acids is 1. The summed E-state index contributed by atoms with van der Waals surface area (Å²) >= 11 is 0. The van der Waals surface area contributed by atoms with Crippen LogP contribution < -0.4 is 0 Å². The summed E-state index contributed by atoms with van der Waals surface area (Å²) in [4.78, 5) is 27.4. The molecule has 1 aromatic heterocycles. The number of benzene rings is 1. The summed E-state index contributed by atoms with van der Waals surface area (Å²) in [7, 11) is 0. The predicted octanol–water partition coefficient (Wildman–Crippen LogP) is 3.44. The number of nitrogens with zero attached hydrogens (tertiary/aromatic N) is 2. The summed E-state index contributed by atoms with van der Waals surface area (Å²) in [5.41, 5.74) is 0.622. The molecule has 2 aliphatic heterocycles. The topological polar surface area (TPSA) is 89.0 Å². The van der Waals surface area contributed by atoms with E-state index < -0.39 is 18.0 Å². The van der Waals surface area contributed by atoms with Crippen LogP contribution in [0.1, 0.15) is 28.9 Å². The maximum Gasteiger partial charge on any atom is 0.490 e. The van der Waals surface area contributed by atoms with Gasteiger partial charge in [-0.05, 0) is 30.7 Å². The zero-order valence-electron chi connectivity index (χ0n) is 17.4. The highest BCUT2D eigenvalue weighted by Crippen LogP contribution is 2.37. The number of aliphatic carboxylic acids is 1. The van der Waals surface area contributed by atoms with Gasteiger partial charge in [-0.2, -0.15) is 13.2 Å². The molecule has 0 bridgehead atoms. The van der Waals surface area contributed by atoms with E-state index in [1.54, 1.807) is 23.2 Å². The first-order valence-corrected chi connectivity index (χ1v) is 10.1. The molecule has 0 unspecified atom stereocenters. The average molecular weight is 470 g/mol. The third kappa shape index (κ3) is 6.48. The van der Waals surface area contributed by atoms with Crippen LogP contribution in [0.2, 0.25) is 0 Å². The highest BCUT2D eigenvalue weighted by Gasteiger charge is 2.47. The van der Waals surface area contributed by atoms with Gasteiger partial charge in [0.25, 0.3) is 5.91 Å². The fourth-order valence-corrected chi connectivity index (χ4v) is 3.70. The Kier molecular flexibility index (Phi) is 7.65. The Morgan fingerprint density at radius 3 is 2.55 bits per heavy atom. The van der Waals surface area contributed by atoms with Crippen molar-refractivity contribution in [3.63, 3.8) is 0 Å². The Bertz CT molecular complexity index is 973. The third-order valence-electron chi connectivity index (χ3n) is 5.32. The molecule has 2 saturated heterocycles. The summed E-state index contributed by atoms with van der Waals surface area (Å²) in [6.07, 6.45) is -1.87. The van der Waals surface area contributed by atoms with Gasteiger partial charge in [-0.15, -0.1) is 0 Å². The number of hydrogen-bond acceptors (Lipinski definition) is 5. The SMILES string of the molecule is O=C(O)C(F)(F)F.O=C(c1ccccc1F)N1CC[C@]2(C[C@H](OCc3ccccn3)CO2)C1. The molecule has 0 aliphatic carbocycles. The Morgan fingerprint density at radius 2 is 1.91 bits per heavy atom. The lowest BCUT2D eigenvalue weighted by Gasteiger charge is -2.23. The molecule has 7 nitrogen and oxygen atoms in total. The number of carbonyl (C=O) groups is 2. The lowest BCUT2D eigenvalue weighted by molar-refractivity contribution is -0.192. The lowest BCUT2D eigenvalue weighted by atomic mass is 9.98. The molecule has 4 rings (SSSR count). The minimum atomic E-state index is -5.08. The third-order valence-corrected chi connectivity index (χ3v) is 5.32. The van der Waals surface area contributed by atoms with Crippen molar-refractivity contribution < 1.29 is 41.7 Å². The number of hydrogen-bond donors (Lipinski definition) is 1. The van der Waals surface area contributed by atoms with E-state index in [4.69, 9.17) is 19.4 Å². The quantitative estimate of drug-likeness (QED) is 0.689. The average Bonchev–Trinajstić information content (AvgIpc) is 3.39. The second kappa shape index (κ2) is 10.3. The van der Waals surface area contributed by atoms with Crippen LogP contribution in [0, 0.1) is 5.82 Å². The van der Waals surface area contributed by atoms with Crippen molar-refractivity contribution in [3.05, 3.63) is 65.7 Å². The van der Waals surface area contributed by atoms with Crippen molar-refractivity contribution in [2.45, 2.75) is 37.3 Å². The van der Waals surface area contributed by atoms with Crippen LogP contribution in [-0.2, 0) is 20.9 Å². The van der Waals surface area contributed by atoms with E-state index in [0.29, 0.717) is 26.3 Å². The summed E-state index contributed by atoms with van der Waals surface area (Å²) in [6.45, 7) is 2.00. The van der Waals surface area contributed by atoms with E-state index >= 15 is 0 Å². The Morgan fingerprint density at radius 1 is 1.21 bits per heavy atom. The number of ether oxygens (including phenoxy) is 2. The summed E-state index contributed by atoms with van der Waals surface area (Å²) in [6, 6.07) is 11.8. The molecule has 1 N–H and O–H groups in total. The van der Waals surface area contributed by atoms with Gasteiger partial charge in [0.1, 0.15) is 5.82 Å².